The second kappa shape index (κ2) is 9.07. The maximum absolute atomic E-state index is 12.2. The first-order valence-electron chi connectivity index (χ1n) is 9.16. The molecule has 2 amide bonds. The highest BCUT2D eigenvalue weighted by atomic mass is 32.2. The Morgan fingerprint density at radius 2 is 2.15 bits per heavy atom. The van der Waals surface area contributed by atoms with E-state index in [2.05, 4.69) is 27.8 Å². The van der Waals surface area contributed by atoms with Gasteiger partial charge in [0.2, 0.25) is 5.91 Å². The van der Waals surface area contributed by atoms with Gasteiger partial charge in [-0.3, -0.25) is 9.59 Å². The van der Waals surface area contributed by atoms with Crippen molar-refractivity contribution < 1.29 is 14.0 Å². The van der Waals surface area contributed by atoms with Crippen LogP contribution in [0.2, 0.25) is 0 Å². The van der Waals surface area contributed by atoms with Gasteiger partial charge in [-0.15, -0.1) is 10.2 Å². The van der Waals surface area contributed by atoms with Crippen molar-refractivity contribution in [2.75, 3.05) is 5.75 Å². The second-order valence-electron chi connectivity index (χ2n) is 6.84. The molecule has 0 spiro atoms. The second-order valence-corrected chi connectivity index (χ2v) is 7.78. The average molecular weight is 391 g/mol. The summed E-state index contributed by atoms with van der Waals surface area (Å²) in [6.45, 7) is 2.43. The topological polar surface area (TPSA) is 102 Å². The van der Waals surface area contributed by atoms with Gasteiger partial charge in [-0.25, -0.2) is 0 Å². The van der Waals surface area contributed by atoms with E-state index in [4.69, 9.17) is 4.42 Å². The summed E-state index contributed by atoms with van der Waals surface area (Å²) in [5.74, 6) is 1.41. The van der Waals surface area contributed by atoms with E-state index in [1.165, 1.54) is 37.3 Å². The molecule has 1 fully saturated rings. The van der Waals surface area contributed by atoms with Gasteiger partial charge in [-0.1, -0.05) is 31.5 Å². The van der Waals surface area contributed by atoms with Gasteiger partial charge in [-0.05, 0) is 30.9 Å². The maximum Gasteiger partial charge on any atom is 0.287 e. The van der Waals surface area contributed by atoms with Crippen LogP contribution in [0.4, 0.5) is 0 Å². The van der Waals surface area contributed by atoms with Crippen molar-refractivity contribution in [1.29, 1.82) is 0 Å². The number of nitrogens with one attached hydrogen (secondary N) is 2. The number of carbonyl (C=O) groups is 2. The van der Waals surface area contributed by atoms with Gasteiger partial charge in [0.1, 0.15) is 0 Å². The van der Waals surface area contributed by atoms with Crippen LogP contribution in [0.3, 0.4) is 0 Å². The number of nitrogens with zero attached hydrogens (tertiary/aromatic N) is 3. The van der Waals surface area contributed by atoms with Crippen LogP contribution >= 0.6 is 11.8 Å². The van der Waals surface area contributed by atoms with E-state index in [1.54, 1.807) is 16.7 Å². The molecule has 0 aliphatic heterocycles. The molecular formula is C18H25N5O3S. The predicted octanol–water partition coefficient (Wildman–Crippen LogP) is 2.13. The van der Waals surface area contributed by atoms with Crippen molar-refractivity contribution in [3.8, 4) is 0 Å². The molecule has 3 rings (SSSR count). The minimum atomic E-state index is -0.307. The van der Waals surface area contributed by atoms with Crippen LogP contribution in [0.5, 0.6) is 0 Å². The van der Waals surface area contributed by atoms with Gasteiger partial charge >= 0.3 is 0 Å². The zero-order valence-corrected chi connectivity index (χ0v) is 16.4. The third kappa shape index (κ3) is 5.12. The Hall–Kier alpha value is -2.29. The normalized spacial score (nSPS) is 19.6. The summed E-state index contributed by atoms with van der Waals surface area (Å²) in [4.78, 5) is 24.1. The van der Waals surface area contributed by atoms with Gasteiger partial charge in [0.25, 0.3) is 5.91 Å². The highest BCUT2D eigenvalue weighted by molar-refractivity contribution is 7.99. The van der Waals surface area contributed by atoms with Crippen LogP contribution in [0.15, 0.2) is 28.0 Å². The van der Waals surface area contributed by atoms with Gasteiger partial charge in [0, 0.05) is 13.1 Å². The van der Waals surface area contributed by atoms with Crippen molar-refractivity contribution >= 4 is 23.6 Å². The molecule has 1 aliphatic carbocycles. The highest BCUT2D eigenvalue weighted by Crippen LogP contribution is 2.24. The molecule has 0 radical (unpaired) electrons. The number of furan rings is 1. The maximum atomic E-state index is 12.2. The lowest BCUT2D eigenvalue weighted by molar-refractivity contribution is -0.119. The number of hydrogen-bond acceptors (Lipinski definition) is 6. The van der Waals surface area contributed by atoms with Crippen LogP contribution in [0.25, 0.3) is 0 Å². The van der Waals surface area contributed by atoms with E-state index in [0.717, 1.165) is 6.42 Å². The van der Waals surface area contributed by atoms with E-state index < -0.39 is 0 Å². The lowest BCUT2D eigenvalue weighted by Crippen LogP contribution is -2.41. The Kier molecular flexibility index (Phi) is 6.54. The number of carbonyl (C=O) groups excluding carboxylic acids is 2. The summed E-state index contributed by atoms with van der Waals surface area (Å²) < 4.78 is 6.83. The number of rotatable bonds is 7. The molecule has 1 aliphatic rings. The SMILES string of the molecule is CC1CCCCC1NC(=O)CSc1nnc(CNC(=O)c2ccco2)n1C. The number of amides is 2. The summed E-state index contributed by atoms with van der Waals surface area (Å²) >= 11 is 1.34. The first kappa shape index (κ1) is 19.5. The number of aromatic nitrogens is 3. The summed E-state index contributed by atoms with van der Waals surface area (Å²) in [5.41, 5.74) is 0. The summed E-state index contributed by atoms with van der Waals surface area (Å²) in [7, 11) is 1.82. The lowest BCUT2D eigenvalue weighted by atomic mass is 9.86. The predicted molar refractivity (Wildman–Crippen MR) is 101 cm³/mol. The van der Waals surface area contributed by atoms with E-state index in [1.807, 2.05) is 7.05 Å². The van der Waals surface area contributed by atoms with E-state index >= 15 is 0 Å². The molecule has 2 aromatic heterocycles. The molecule has 0 saturated heterocycles. The molecule has 1 saturated carbocycles. The minimum absolute atomic E-state index is 0.0226. The van der Waals surface area contributed by atoms with Gasteiger partial charge < -0.3 is 19.6 Å². The summed E-state index contributed by atoms with van der Waals surface area (Å²) in [6, 6.07) is 3.53. The molecule has 2 aromatic rings. The average Bonchev–Trinajstić information content (AvgIpc) is 3.31. The Morgan fingerprint density at radius 1 is 1.33 bits per heavy atom. The molecule has 0 bridgehead atoms. The number of hydrogen-bond donors (Lipinski definition) is 2. The van der Waals surface area contributed by atoms with Gasteiger partial charge in [0.05, 0.1) is 18.6 Å². The molecule has 27 heavy (non-hydrogen) atoms. The standard InChI is InChI=1S/C18H25N5O3S/c1-12-6-3-4-7-13(12)20-16(24)11-27-18-22-21-15(23(18)2)10-19-17(25)14-8-5-9-26-14/h5,8-9,12-13H,3-4,6-7,10-11H2,1-2H3,(H,19,25)(H,20,24). The van der Waals surface area contributed by atoms with E-state index in [-0.39, 0.29) is 30.2 Å². The smallest absolute Gasteiger partial charge is 0.287 e. The summed E-state index contributed by atoms with van der Waals surface area (Å²) in [6.07, 6.45) is 6.11. The molecule has 9 heteroatoms. The fourth-order valence-corrected chi connectivity index (χ4v) is 3.93. The number of thioether (sulfide) groups is 1. The van der Waals surface area contributed by atoms with Gasteiger partial charge in [0.15, 0.2) is 16.7 Å². The Morgan fingerprint density at radius 3 is 2.89 bits per heavy atom. The quantitative estimate of drug-likeness (QED) is 0.701. The molecule has 2 atom stereocenters. The molecular weight excluding hydrogens is 366 g/mol. The van der Waals surface area contributed by atoms with Crippen LogP contribution in [0.1, 0.15) is 49.0 Å². The van der Waals surface area contributed by atoms with Crippen LogP contribution < -0.4 is 10.6 Å². The Balaban J connectivity index is 1.47. The molecule has 8 nitrogen and oxygen atoms in total. The highest BCUT2D eigenvalue weighted by Gasteiger charge is 2.23. The zero-order chi connectivity index (χ0) is 19.2. The van der Waals surface area contributed by atoms with Crippen molar-refractivity contribution in [1.82, 2.24) is 25.4 Å². The molecule has 0 aromatic carbocycles. The van der Waals surface area contributed by atoms with Crippen LogP contribution in [0, 0.1) is 5.92 Å². The first-order chi connectivity index (χ1) is 13.0. The third-order valence-corrected chi connectivity index (χ3v) is 5.89. The Bertz CT molecular complexity index is 774. The van der Waals surface area contributed by atoms with Crippen molar-refractivity contribution in [2.45, 2.75) is 50.4 Å². The van der Waals surface area contributed by atoms with Gasteiger partial charge in [-0.2, -0.15) is 0 Å². The molecule has 146 valence electrons. The molecule has 2 heterocycles. The fourth-order valence-electron chi connectivity index (χ4n) is 3.19. The third-order valence-electron chi connectivity index (χ3n) is 4.87. The Labute approximate surface area is 162 Å². The summed E-state index contributed by atoms with van der Waals surface area (Å²) in [5, 5.41) is 14.7. The zero-order valence-electron chi connectivity index (χ0n) is 15.6. The monoisotopic (exact) mass is 391 g/mol. The van der Waals surface area contributed by atoms with Crippen molar-refractivity contribution in [3.05, 3.63) is 30.0 Å². The molecule has 2 unspecified atom stereocenters. The van der Waals surface area contributed by atoms with Crippen LogP contribution in [-0.4, -0.2) is 38.4 Å². The van der Waals surface area contributed by atoms with E-state index in [0.29, 0.717) is 22.7 Å². The largest absolute Gasteiger partial charge is 0.459 e. The van der Waals surface area contributed by atoms with Crippen LogP contribution in [-0.2, 0) is 18.4 Å². The van der Waals surface area contributed by atoms with Crippen molar-refractivity contribution in [3.63, 3.8) is 0 Å². The minimum Gasteiger partial charge on any atom is -0.459 e. The lowest BCUT2D eigenvalue weighted by Gasteiger charge is -2.29. The molecule has 2 N–H and O–H groups in total. The fraction of sp³-hybridized carbons (Fsp3) is 0.556. The first-order valence-corrected chi connectivity index (χ1v) is 10.1. The van der Waals surface area contributed by atoms with E-state index in [9.17, 15) is 9.59 Å². The van der Waals surface area contributed by atoms with Crippen molar-refractivity contribution in [2.24, 2.45) is 13.0 Å².